The molecule has 2 aromatic carbocycles. The molecule has 0 aromatic heterocycles. The van der Waals surface area contributed by atoms with Crippen molar-refractivity contribution in [2.24, 2.45) is 5.10 Å². The average molecular weight is 341 g/mol. The number of ether oxygens (including phenoxy) is 2. The van der Waals surface area contributed by atoms with Crippen LogP contribution in [0.1, 0.15) is 18.1 Å². The molecule has 25 heavy (non-hydrogen) atoms. The Hall–Kier alpha value is -3.02. The van der Waals surface area contributed by atoms with E-state index in [1.54, 1.807) is 19.4 Å². The van der Waals surface area contributed by atoms with Crippen LogP contribution in [0.2, 0.25) is 0 Å². The average Bonchev–Trinajstić information content (AvgIpc) is 2.62. The smallest absolute Gasteiger partial charge is 0.259 e. The van der Waals surface area contributed by atoms with Gasteiger partial charge in [-0.15, -0.1) is 0 Å². The Bertz CT molecular complexity index is 727. The zero-order chi connectivity index (χ0) is 18.1. The van der Waals surface area contributed by atoms with E-state index in [9.17, 15) is 4.79 Å². The topological polar surface area (TPSA) is 72.0 Å². The molecule has 0 radical (unpaired) electrons. The van der Waals surface area contributed by atoms with E-state index in [0.717, 1.165) is 11.3 Å². The molecule has 0 spiro atoms. The van der Waals surface area contributed by atoms with Gasteiger partial charge in [-0.25, -0.2) is 5.43 Å². The first kappa shape index (κ1) is 18.3. The lowest BCUT2D eigenvalue weighted by Crippen LogP contribution is -2.25. The summed E-state index contributed by atoms with van der Waals surface area (Å²) in [6.07, 6.45) is 1.56. The Labute approximate surface area is 147 Å². The van der Waals surface area contributed by atoms with Crippen LogP contribution in [-0.2, 0) is 4.79 Å². The lowest BCUT2D eigenvalue weighted by atomic mass is 10.2. The molecule has 6 nitrogen and oxygen atoms in total. The summed E-state index contributed by atoms with van der Waals surface area (Å²) in [4.78, 5) is 11.8. The third-order valence-corrected chi connectivity index (χ3v) is 3.40. The number of hydrazone groups is 1. The Morgan fingerprint density at radius 3 is 2.60 bits per heavy atom. The minimum atomic E-state index is -0.227. The molecule has 6 heteroatoms. The predicted molar refractivity (Wildman–Crippen MR) is 99.6 cm³/mol. The quantitative estimate of drug-likeness (QED) is 0.572. The molecule has 2 N–H and O–H groups in total. The molecule has 0 saturated heterocycles. The van der Waals surface area contributed by atoms with Gasteiger partial charge in [0.2, 0.25) is 0 Å². The first-order chi connectivity index (χ1) is 12.1. The molecule has 0 aliphatic heterocycles. The second kappa shape index (κ2) is 9.32. The minimum Gasteiger partial charge on any atom is -0.493 e. The number of hydrogen-bond acceptors (Lipinski definition) is 5. The zero-order valence-electron chi connectivity index (χ0n) is 14.7. The summed E-state index contributed by atoms with van der Waals surface area (Å²) in [5.41, 5.74) is 5.35. The third-order valence-electron chi connectivity index (χ3n) is 3.40. The Morgan fingerprint density at radius 2 is 1.92 bits per heavy atom. The van der Waals surface area contributed by atoms with Crippen molar-refractivity contribution in [3.05, 3.63) is 53.6 Å². The highest BCUT2D eigenvalue weighted by Crippen LogP contribution is 2.27. The van der Waals surface area contributed by atoms with Crippen molar-refractivity contribution >= 4 is 17.8 Å². The number of methoxy groups -OCH3 is 1. The highest BCUT2D eigenvalue weighted by Gasteiger charge is 2.04. The fourth-order valence-corrected chi connectivity index (χ4v) is 2.11. The first-order valence-corrected chi connectivity index (χ1v) is 8.05. The van der Waals surface area contributed by atoms with Crippen LogP contribution < -0.4 is 20.2 Å². The van der Waals surface area contributed by atoms with E-state index >= 15 is 0 Å². The molecule has 132 valence electrons. The molecule has 0 fully saturated rings. The van der Waals surface area contributed by atoms with E-state index in [0.29, 0.717) is 18.1 Å². The Balaban J connectivity index is 1.85. The summed E-state index contributed by atoms with van der Waals surface area (Å²) in [5.74, 6) is 1.07. The minimum absolute atomic E-state index is 0.146. The van der Waals surface area contributed by atoms with Crippen LogP contribution in [0, 0.1) is 6.92 Å². The molecule has 2 aromatic rings. The van der Waals surface area contributed by atoms with Gasteiger partial charge in [0.05, 0.1) is 26.5 Å². The van der Waals surface area contributed by atoms with Crippen molar-refractivity contribution in [2.75, 3.05) is 25.6 Å². The summed E-state index contributed by atoms with van der Waals surface area (Å²) in [6.45, 7) is 4.64. The van der Waals surface area contributed by atoms with Gasteiger partial charge in [-0.2, -0.15) is 5.10 Å². The number of amides is 1. The fraction of sp³-hybridized carbons (Fsp3) is 0.263. The van der Waals surface area contributed by atoms with Gasteiger partial charge in [0, 0.05) is 5.69 Å². The van der Waals surface area contributed by atoms with Crippen molar-refractivity contribution in [2.45, 2.75) is 13.8 Å². The van der Waals surface area contributed by atoms with Crippen molar-refractivity contribution in [1.82, 2.24) is 5.43 Å². The van der Waals surface area contributed by atoms with Crippen LogP contribution in [0.15, 0.2) is 47.6 Å². The maximum atomic E-state index is 11.8. The van der Waals surface area contributed by atoms with Gasteiger partial charge in [-0.05, 0) is 49.7 Å². The van der Waals surface area contributed by atoms with Gasteiger partial charge in [0.1, 0.15) is 0 Å². The summed E-state index contributed by atoms with van der Waals surface area (Å²) in [5, 5.41) is 7.00. The maximum Gasteiger partial charge on any atom is 0.259 e. The molecule has 0 bridgehead atoms. The fourth-order valence-electron chi connectivity index (χ4n) is 2.11. The van der Waals surface area contributed by atoms with Gasteiger partial charge in [0.25, 0.3) is 5.91 Å². The summed E-state index contributed by atoms with van der Waals surface area (Å²) < 4.78 is 10.7. The number of hydrogen-bond donors (Lipinski definition) is 2. The molecule has 0 heterocycles. The van der Waals surface area contributed by atoms with E-state index in [1.807, 2.05) is 50.2 Å². The van der Waals surface area contributed by atoms with Gasteiger partial charge < -0.3 is 14.8 Å². The van der Waals surface area contributed by atoms with Crippen LogP contribution in [0.5, 0.6) is 11.5 Å². The molecule has 0 unspecified atom stereocenters. The van der Waals surface area contributed by atoms with E-state index in [2.05, 4.69) is 15.8 Å². The second-order valence-corrected chi connectivity index (χ2v) is 5.36. The molecule has 2 rings (SSSR count). The second-order valence-electron chi connectivity index (χ2n) is 5.36. The van der Waals surface area contributed by atoms with E-state index in [1.165, 1.54) is 5.56 Å². The maximum absolute atomic E-state index is 11.8. The number of carbonyl (C=O) groups is 1. The molecule has 0 aliphatic carbocycles. The van der Waals surface area contributed by atoms with Crippen molar-refractivity contribution < 1.29 is 14.3 Å². The number of benzene rings is 2. The normalized spacial score (nSPS) is 10.5. The molecular weight excluding hydrogens is 318 g/mol. The van der Waals surface area contributed by atoms with Crippen molar-refractivity contribution in [3.63, 3.8) is 0 Å². The SMILES string of the molecule is CCOc1ccc(/C=N/NC(=O)CNc2ccc(C)cc2)cc1OC. The van der Waals surface area contributed by atoms with E-state index < -0.39 is 0 Å². The van der Waals surface area contributed by atoms with E-state index in [4.69, 9.17) is 9.47 Å². The summed E-state index contributed by atoms with van der Waals surface area (Å²) in [6, 6.07) is 13.3. The van der Waals surface area contributed by atoms with Crippen LogP contribution in [0.3, 0.4) is 0 Å². The summed E-state index contributed by atoms with van der Waals surface area (Å²) >= 11 is 0. The number of carbonyl (C=O) groups excluding carboxylic acids is 1. The number of anilines is 1. The van der Waals surface area contributed by atoms with Crippen LogP contribution in [-0.4, -0.2) is 32.4 Å². The van der Waals surface area contributed by atoms with Gasteiger partial charge in [0.15, 0.2) is 11.5 Å². The monoisotopic (exact) mass is 341 g/mol. The van der Waals surface area contributed by atoms with Crippen LogP contribution in [0.4, 0.5) is 5.69 Å². The van der Waals surface area contributed by atoms with E-state index in [-0.39, 0.29) is 12.5 Å². The third kappa shape index (κ3) is 5.84. The van der Waals surface area contributed by atoms with Gasteiger partial charge >= 0.3 is 0 Å². The number of nitrogens with one attached hydrogen (secondary N) is 2. The zero-order valence-corrected chi connectivity index (χ0v) is 14.7. The number of nitrogens with zero attached hydrogens (tertiary/aromatic N) is 1. The Morgan fingerprint density at radius 1 is 1.16 bits per heavy atom. The van der Waals surface area contributed by atoms with Gasteiger partial charge in [-0.3, -0.25) is 4.79 Å². The number of rotatable bonds is 8. The molecule has 0 atom stereocenters. The highest BCUT2D eigenvalue weighted by molar-refractivity contribution is 5.84. The number of aryl methyl sites for hydroxylation is 1. The van der Waals surface area contributed by atoms with Crippen LogP contribution >= 0.6 is 0 Å². The van der Waals surface area contributed by atoms with Crippen molar-refractivity contribution in [1.29, 1.82) is 0 Å². The van der Waals surface area contributed by atoms with Gasteiger partial charge in [-0.1, -0.05) is 17.7 Å². The standard InChI is InChI=1S/C19H23N3O3/c1-4-25-17-10-7-15(11-18(17)24-3)12-21-22-19(23)13-20-16-8-5-14(2)6-9-16/h5-12,20H,4,13H2,1-3H3,(H,22,23)/b21-12+. The Kier molecular flexibility index (Phi) is 6.83. The largest absolute Gasteiger partial charge is 0.493 e. The highest BCUT2D eigenvalue weighted by atomic mass is 16.5. The predicted octanol–water partition coefficient (Wildman–Crippen LogP) is 2.96. The molecular formula is C19H23N3O3. The molecule has 0 aliphatic rings. The van der Waals surface area contributed by atoms with Crippen LogP contribution in [0.25, 0.3) is 0 Å². The lowest BCUT2D eigenvalue weighted by Gasteiger charge is -2.09. The summed E-state index contributed by atoms with van der Waals surface area (Å²) in [7, 11) is 1.58. The molecule has 0 saturated carbocycles. The molecule has 1 amide bonds. The first-order valence-electron chi connectivity index (χ1n) is 8.05. The lowest BCUT2D eigenvalue weighted by molar-refractivity contribution is -0.119. The van der Waals surface area contributed by atoms with Crippen molar-refractivity contribution in [3.8, 4) is 11.5 Å².